The normalized spacial score (nSPS) is 15.1. The minimum absolute atomic E-state index is 0.0643. The molecule has 1 saturated carbocycles. The summed E-state index contributed by atoms with van der Waals surface area (Å²) in [4.78, 5) is 12.5. The zero-order valence-corrected chi connectivity index (χ0v) is 16.1. The van der Waals surface area contributed by atoms with Crippen LogP contribution in [0, 0.1) is 6.92 Å². The third-order valence-electron chi connectivity index (χ3n) is 5.13. The molecule has 0 bridgehead atoms. The second-order valence-electron chi connectivity index (χ2n) is 6.93. The van der Waals surface area contributed by atoms with Gasteiger partial charge in [-0.1, -0.05) is 55.3 Å². The fourth-order valence-corrected chi connectivity index (χ4v) is 4.23. The number of rotatable bonds is 6. The van der Waals surface area contributed by atoms with Gasteiger partial charge in [0.1, 0.15) is 5.76 Å². The minimum Gasteiger partial charge on any atom is -0.469 e. The third kappa shape index (κ3) is 4.16. The number of thioether (sulfide) groups is 1. The van der Waals surface area contributed by atoms with Crippen LogP contribution in [0.25, 0.3) is 11.5 Å². The summed E-state index contributed by atoms with van der Waals surface area (Å²) in [6, 6.07) is 9.90. The molecule has 0 radical (unpaired) electrons. The van der Waals surface area contributed by atoms with Crippen LogP contribution in [0.15, 0.2) is 50.7 Å². The van der Waals surface area contributed by atoms with Gasteiger partial charge >= 0.3 is 0 Å². The van der Waals surface area contributed by atoms with Crippen molar-refractivity contribution in [3.63, 3.8) is 0 Å². The molecule has 4 rings (SSSR count). The molecule has 2 aromatic heterocycles. The summed E-state index contributed by atoms with van der Waals surface area (Å²) in [5.74, 6) is 2.13. The second kappa shape index (κ2) is 8.13. The molecule has 0 atom stereocenters. The average Bonchev–Trinajstić information content (AvgIpc) is 3.35. The molecule has 140 valence electrons. The molecule has 1 aliphatic carbocycles. The Bertz CT molecular complexity index is 908. The van der Waals surface area contributed by atoms with Gasteiger partial charge in [-0.3, -0.25) is 4.79 Å². The number of benzene rings is 1. The molecule has 5 nitrogen and oxygen atoms in total. The van der Waals surface area contributed by atoms with Crippen LogP contribution in [0.5, 0.6) is 0 Å². The van der Waals surface area contributed by atoms with E-state index in [0.29, 0.717) is 17.0 Å². The zero-order chi connectivity index (χ0) is 18.6. The highest BCUT2D eigenvalue weighted by molar-refractivity contribution is 7.99. The number of hydrogen-bond donors (Lipinski definition) is 0. The van der Waals surface area contributed by atoms with E-state index >= 15 is 0 Å². The van der Waals surface area contributed by atoms with Gasteiger partial charge in [-0.15, -0.1) is 10.2 Å². The van der Waals surface area contributed by atoms with Crippen molar-refractivity contribution in [3.05, 3.63) is 53.5 Å². The van der Waals surface area contributed by atoms with E-state index < -0.39 is 0 Å². The predicted octanol–water partition coefficient (Wildman–Crippen LogP) is 5.66. The Morgan fingerprint density at radius 3 is 2.59 bits per heavy atom. The molecule has 27 heavy (non-hydrogen) atoms. The lowest BCUT2D eigenvalue weighted by atomic mass is 9.84. The molecular weight excluding hydrogens is 360 g/mol. The van der Waals surface area contributed by atoms with Crippen LogP contribution in [0.3, 0.4) is 0 Å². The van der Waals surface area contributed by atoms with Crippen molar-refractivity contribution in [3.8, 4) is 11.5 Å². The molecule has 2 heterocycles. The molecule has 0 N–H and O–H groups in total. The van der Waals surface area contributed by atoms with Crippen molar-refractivity contribution in [1.29, 1.82) is 0 Å². The van der Waals surface area contributed by atoms with E-state index in [1.54, 1.807) is 12.3 Å². The quantitative estimate of drug-likeness (QED) is 0.405. The fourth-order valence-electron chi connectivity index (χ4n) is 3.57. The Morgan fingerprint density at radius 1 is 1.11 bits per heavy atom. The Morgan fingerprint density at radius 2 is 1.89 bits per heavy atom. The van der Waals surface area contributed by atoms with Crippen LogP contribution in [0.4, 0.5) is 0 Å². The van der Waals surface area contributed by atoms with Gasteiger partial charge < -0.3 is 8.83 Å². The van der Waals surface area contributed by atoms with Crippen LogP contribution in [-0.4, -0.2) is 21.7 Å². The Labute approximate surface area is 162 Å². The number of nitrogens with zero attached hydrogens (tertiary/aromatic N) is 2. The average molecular weight is 382 g/mol. The minimum atomic E-state index is 0.0643. The number of carbonyl (C=O) groups excluding carboxylic acids is 1. The summed E-state index contributed by atoms with van der Waals surface area (Å²) in [5.41, 5.74) is 2.86. The summed E-state index contributed by atoms with van der Waals surface area (Å²) >= 11 is 1.26. The molecule has 3 aromatic rings. The lowest BCUT2D eigenvalue weighted by Crippen LogP contribution is -2.06. The Hall–Kier alpha value is -2.34. The van der Waals surface area contributed by atoms with Crippen molar-refractivity contribution in [2.45, 2.75) is 50.2 Å². The van der Waals surface area contributed by atoms with Gasteiger partial charge in [-0.05, 0) is 37.3 Å². The number of Topliss-reactive ketones (excluding diaryl/α,β-unsaturated/α-hetero) is 1. The molecule has 1 fully saturated rings. The Balaban J connectivity index is 1.35. The molecule has 0 saturated heterocycles. The Kier molecular flexibility index (Phi) is 5.43. The third-order valence-corrected chi connectivity index (χ3v) is 5.95. The van der Waals surface area contributed by atoms with Gasteiger partial charge in [-0.2, -0.15) is 0 Å². The van der Waals surface area contributed by atoms with Crippen molar-refractivity contribution >= 4 is 17.5 Å². The van der Waals surface area contributed by atoms with Gasteiger partial charge in [0.2, 0.25) is 0 Å². The molecule has 0 spiro atoms. The van der Waals surface area contributed by atoms with E-state index in [4.69, 9.17) is 8.83 Å². The molecule has 1 aromatic carbocycles. The summed E-state index contributed by atoms with van der Waals surface area (Å²) in [5, 5.41) is 8.42. The first-order chi connectivity index (χ1) is 13.2. The van der Waals surface area contributed by atoms with Crippen molar-refractivity contribution in [2.75, 3.05) is 5.75 Å². The van der Waals surface area contributed by atoms with Crippen LogP contribution < -0.4 is 0 Å². The summed E-state index contributed by atoms with van der Waals surface area (Å²) in [6.07, 6.45) is 8.08. The maximum atomic E-state index is 12.5. The monoisotopic (exact) mass is 382 g/mol. The van der Waals surface area contributed by atoms with E-state index in [0.717, 1.165) is 16.9 Å². The number of hydrogen-bond acceptors (Lipinski definition) is 6. The smallest absolute Gasteiger partial charge is 0.277 e. The van der Waals surface area contributed by atoms with Crippen LogP contribution >= 0.6 is 11.8 Å². The fraction of sp³-hybridized carbons (Fsp3) is 0.381. The molecular formula is C21H22N2O3S. The van der Waals surface area contributed by atoms with Crippen LogP contribution in [0.2, 0.25) is 0 Å². The highest BCUT2D eigenvalue weighted by Gasteiger charge is 2.17. The molecule has 0 aliphatic heterocycles. The van der Waals surface area contributed by atoms with Crippen LogP contribution in [0.1, 0.15) is 59.7 Å². The standard InChI is InChI=1S/C21H22N2O3S/c1-14-18(11-12-25-14)20-22-23-21(26-20)27-13-19(24)17-9-7-16(8-10-17)15-5-3-2-4-6-15/h7-12,15H,2-6,13H2,1H3. The first-order valence-electron chi connectivity index (χ1n) is 9.34. The summed E-state index contributed by atoms with van der Waals surface area (Å²) in [7, 11) is 0. The summed E-state index contributed by atoms with van der Waals surface area (Å²) < 4.78 is 10.9. The predicted molar refractivity (Wildman–Crippen MR) is 104 cm³/mol. The van der Waals surface area contributed by atoms with Gasteiger partial charge in [-0.25, -0.2) is 0 Å². The van der Waals surface area contributed by atoms with Gasteiger partial charge in [0.25, 0.3) is 11.1 Å². The largest absolute Gasteiger partial charge is 0.469 e. The maximum Gasteiger partial charge on any atom is 0.277 e. The van der Waals surface area contributed by atoms with Crippen LogP contribution in [-0.2, 0) is 0 Å². The molecule has 1 aliphatic rings. The zero-order valence-electron chi connectivity index (χ0n) is 15.3. The summed E-state index contributed by atoms with van der Waals surface area (Å²) in [6.45, 7) is 1.84. The first-order valence-corrected chi connectivity index (χ1v) is 10.3. The number of aromatic nitrogens is 2. The number of carbonyl (C=O) groups is 1. The van der Waals surface area contributed by atoms with Crippen molar-refractivity contribution < 1.29 is 13.6 Å². The van der Waals surface area contributed by atoms with E-state index in [1.165, 1.54) is 49.4 Å². The van der Waals surface area contributed by atoms with Gasteiger partial charge in [0.15, 0.2) is 5.78 Å². The number of aryl methyl sites for hydroxylation is 1. The van der Waals surface area contributed by atoms with E-state index in [1.807, 2.05) is 19.1 Å². The molecule has 6 heteroatoms. The highest BCUT2D eigenvalue weighted by atomic mass is 32.2. The van der Waals surface area contributed by atoms with Gasteiger partial charge in [0, 0.05) is 5.56 Å². The highest BCUT2D eigenvalue weighted by Crippen LogP contribution is 2.33. The maximum absolute atomic E-state index is 12.5. The van der Waals surface area contributed by atoms with E-state index in [9.17, 15) is 4.79 Å². The molecule has 0 unspecified atom stereocenters. The van der Waals surface area contributed by atoms with Crippen molar-refractivity contribution in [2.24, 2.45) is 0 Å². The number of furan rings is 1. The van der Waals surface area contributed by atoms with E-state index in [-0.39, 0.29) is 11.5 Å². The van der Waals surface area contributed by atoms with Crippen molar-refractivity contribution in [1.82, 2.24) is 10.2 Å². The first kappa shape index (κ1) is 18.0. The lowest BCUT2D eigenvalue weighted by molar-refractivity contribution is 0.102. The van der Waals surface area contributed by atoms with E-state index in [2.05, 4.69) is 22.3 Å². The van der Waals surface area contributed by atoms with Gasteiger partial charge in [0.05, 0.1) is 17.6 Å². The second-order valence-corrected chi connectivity index (χ2v) is 7.86. The lowest BCUT2D eigenvalue weighted by Gasteiger charge is -2.22. The topological polar surface area (TPSA) is 69.1 Å². The molecule has 0 amide bonds. The number of ketones is 1. The SMILES string of the molecule is Cc1occc1-c1nnc(SCC(=O)c2ccc(C3CCCCC3)cc2)o1.